The van der Waals surface area contributed by atoms with Crippen LogP contribution in [0.3, 0.4) is 0 Å². The molecule has 9 heteroatoms. The quantitative estimate of drug-likeness (QED) is 0.172. The van der Waals surface area contributed by atoms with Crippen molar-refractivity contribution < 1.29 is 13.9 Å². The van der Waals surface area contributed by atoms with Crippen LogP contribution in [-0.4, -0.2) is 68.0 Å². The van der Waals surface area contributed by atoms with Gasteiger partial charge in [-0.15, -0.1) is 0 Å². The number of furan rings is 1. The van der Waals surface area contributed by atoms with Crippen molar-refractivity contribution in [1.29, 1.82) is 0 Å². The van der Waals surface area contributed by atoms with E-state index in [2.05, 4.69) is 57.8 Å². The molecule has 0 spiro atoms. The largest absolute Gasteiger partial charge is 0.461 e. The molecule has 4 heterocycles. The summed E-state index contributed by atoms with van der Waals surface area (Å²) in [5, 5.41) is 0.628. The fraction of sp³-hybridized carbons (Fsp3) is 0.514. The normalized spacial score (nSPS) is 16.3. The van der Waals surface area contributed by atoms with Crippen molar-refractivity contribution in [3.05, 3.63) is 87.8 Å². The van der Waals surface area contributed by atoms with Crippen LogP contribution in [0.25, 0.3) is 11.0 Å². The van der Waals surface area contributed by atoms with Crippen molar-refractivity contribution in [1.82, 2.24) is 14.5 Å². The molecule has 0 radical (unpaired) electrons. The zero-order valence-corrected chi connectivity index (χ0v) is 28.1. The van der Waals surface area contributed by atoms with Crippen molar-refractivity contribution >= 4 is 22.3 Å². The van der Waals surface area contributed by atoms with Gasteiger partial charge in [-0.25, -0.2) is 0 Å². The van der Waals surface area contributed by atoms with Gasteiger partial charge in [-0.3, -0.25) is 14.7 Å². The van der Waals surface area contributed by atoms with Crippen molar-refractivity contribution in [3.63, 3.8) is 0 Å². The van der Waals surface area contributed by atoms with Crippen molar-refractivity contribution in [2.45, 2.75) is 59.9 Å². The maximum absolute atomic E-state index is 13.3. The van der Waals surface area contributed by atoms with Gasteiger partial charge in [0.25, 0.3) is 5.56 Å². The second-order valence-corrected chi connectivity index (χ2v) is 13.9. The Morgan fingerprint density at radius 2 is 1.83 bits per heavy atom. The molecule has 1 aliphatic carbocycles. The van der Waals surface area contributed by atoms with Crippen LogP contribution < -0.4 is 15.4 Å². The summed E-state index contributed by atoms with van der Waals surface area (Å²) < 4.78 is 18.5. The molecule has 6 rings (SSSR count). The van der Waals surface area contributed by atoms with Crippen LogP contribution in [0, 0.1) is 18.3 Å². The minimum Gasteiger partial charge on any atom is -0.461 e. The Hall–Kier alpha value is -3.66. The molecule has 0 N–H and O–H groups in total. The number of aryl methyl sites for hydroxylation is 1. The average Bonchev–Trinajstić information content (AvgIpc) is 3.78. The predicted octanol–water partition coefficient (Wildman–Crippen LogP) is 5.86. The average molecular weight is 628 g/mol. The monoisotopic (exact) mass is 627 g/mol. The van der Waals surface area contributed by atoms with E-state index in [0.29, 0.717) is 43.8 Å². The highest BCUT2D eigenvalue weighted by Crippen LogP contribution is 2.41. The van der Waals surface area contributed by atoms with Crippen molar-refractivity contribution in [3.8, 4) is 0 Å². The zero-order chi connectivity index (χ0) is 32.3. The van der Waals surface area contributed by atoms with E-state index < -0.39 is 0 Å². The fourth-order valence-electron chi connectivity index (χ4n) is 6.84. The van der Waals surface area contributed by atoms with Crippen molar-refractivity contribution in [2.24, 2.45) is 11.3 Å². The van der Waals surface area contributed by atoms with Crippen LogP contribution >= 0.6 is 0 Å². The minimum atomic E-state index is -0.0183. The van der Waals surface area contributed by atoms with E-state index in [4.69, 9.17) is 13.9 Å². The number of fused-ring (bicyclic) bond motifs is 2. The fourth-order valence-corrected chi connectivity index (χ4v) is 6.84. The smallest absolute Gasteiger partial charge is 0.261 e. The van der Waals surface area contributed by atoms with E-state index >= 15 is 0 Å². The second kappa shape index (κ2) is 14.0. The number of benzene rings is 1. The Morgan fingerprint density at radius 1 is 1.00 bits per heavy atom. The SMILES string of the molecule is COCCN1CC(C)(C)CN(CC2CC2)c2cc(CN(CCn3ccc4oc(C)cc4c3=O)Cc3cccnc3COC)ccc21. The van der Waals surface area contributed by atoms with E-state index in [0.717, 1.165) is 55.7 Å². The highest BCUT2D eigenvalue weighted by molar-refractivity contribution is 5.76. The van der Waals surface area contributed by atoms with Crippen LogP contribution in [0.2, 0.25) is 0 Å². The van der Waals surface area contributed by atoms with E-state index in [-0.39, 0.29) is 11.0 Å². The molecule has 1 aromatic carbocycles. The van der Waals surface area contributed by atoms with Gasteiger partial charge < -0.3 is 28.3 Å². The first-order valence-corrected chi connectivity index (χ1v) is 16.6. The number of hydrogen-bond acceptors (Lipinski definition) is 8. The highest BCUT2D eigenvalue weighted by atomic mass is 16.5. The molecule has 1 saturated carbocycles. The Morgan fingerprint density at radius 3 is 2.61 bits per heavy atom. The third-order valence-electron chi connectivity index (χ3n) is 9.20. The number of pyridine rings is 2. The lowest BCUT2D eigenvalue weighted by molar-refractivity contribution is 0.178. The zero-order valence-electron chi connectivity index (χ0n) is 28.1. The van der Waals surface area contributed by atoms with Gasteiger partial charge in [0.2, 0.25) is 0 Å². The summed E-state index contributed by atoms with van der Waals surface area (Å²) in [5.41, 5.74) is 6.72. The summed E-state index contributed by atoms with van der Waals surface area (Å²) in [6.45, 7) is 14.5. The van der Waals surface area contributed by atoms with E-state index in [9.17, 15) is 4.79 Å². The van der Waals surface area contributed by atoms with Gasteiger partial charge in [0.05, 0.1) is 35.7 Å². The lowest BCUT2D eigenvalue weighted by Crippen LogP contribution is -2.40. The molecule has 0 amide bonds. The van der Waals surface area contributed by atoms with Gasteiger partial charge in [0.1, 0.15) is 11.3 Å². The summed E-state index contributed by atoms with van der Waals surface area (Å²) in [7, 11) is 3.49. The Balaban J connectivity index is 1.31. The summed E-state index contributed by atoms with van der Waals surface area (Å²) in [6.07, 6.45) is 6.32. The molecule has 1 fully saturated rings. The Labute approximate surface area is 272 Å². The summed E-state index contributed by atoms with van der Waals surface area (Å²) in [5.74, 6) is 1.53. The minimum absolute atomic E-state index is 0.0183. The maximum atomic E-state index is 13.3. The lowest BCUT2D eigenvalue weighted by Gasteiger charge is -2.32. The van der Waals surface area contributed by atoms with Gasteiger partial charge in [0, 0.05) is 79.0 Å². The Kier molecular flexibility index (Phi) is 9.82. The molecule has 4 aromatic rings. The van der Waals surface area contributed by atoms with Gasteiger partial charge in [0.15, 0.2) is 0 Å². The number of methoxy groups -OCH3 is 2. The molecule has 0 unspecified atom stereocenters. The van der Waals surface area contributed by atoms with Crippen LogP contribution in [0.4, 0.5) is 11.4 Å². The third kappa shape index (κ3) is 7.65. The van der Waals surface area contributed by atoms with Gasteiger partial charge in [-0.2, -0.15) is 0 Å². The molecule has 246 valence electrons. The van der Waals surface area contributed by atoms with Crippen LogP contribution in [0.15, 0.2) is 64.1 Å². The van der Waals surface area contributed by atoms with E-state index in [1.807, 2.05) is 37.5 Å². The second-order valence-electron chi connectivity index (χ2n) is 13.9. The molecule has 46 heavy (non-hydrogen) atoms. The molecular weight excluding hydrogens is 578 g/mol. The molecule has 9 nitrogen and oxygen atoms in total. The molecule has 3 aromatic heterocycles. The first-order chi connectivity index (χ1) is 22.2. The predicted molar refractivity (Wildman–Crippen MR) is 184 cm³/mol. The van der Waals surface area contributed by atoms with Gasteiger partial charge in [-0.1, -0.05) is 26.0 Å². The van der Waals surface area contributed by atoms with Crippen LogP contribution in [-0.2, 0) is 35.7 Å². The number of ether oxygens (including phenoxy) is 2. The molecule has 0 atom stereocenters. The molecule has 0 saturated heterocycles. The Bertz CT molecular complexity index is 1690. The number of nitrogens with zero attached hydrogens (tertiary/aromatic N) is 5. The van der Waals surface area contributed by atoms with Crippen LogP contribution in [0.5, 0.6) is 0 Å². The molecular formula is C37H49N5O4. The van der Waals surface area contributed by atoms with Gasteiger partial charge >= 0.3 is 0 Å². The number of anilines is 2. The topological polar surface area (TPSA) is 76.2 Å². The molecule has 0 bridgehead atoms. The summed E-state index contributed by atoms with van der Waals surface area (Å²) in [6, 6.07) is 14.9. The van der Waals surface area contributed by atoms with Crippen molar-refractivity contribution in [2.75, 3.05) is 63.4 Å². The summed E-state index contributed by atoms with van der Waals surface area (Å²) >= 11 is 0. The number of hydrogen-bond donors (Lipinski definition) is 0. The lowest BCUT2D eigenvalue weighted by atomic mass is 9.92. The number of rotatable bonds is 14. The summed E-state index contributed by atoms with van der Waals surface area (Å²) in [4.78, 5) is 25.5. The standard InChI is InChI=1S/C37H49N5O4/c1-27-19-31-35(46-27)12-14-40(36(31)43)16-15-39(23-30-7-6-13-38-32(30)24-45-5)21-29-10-11-33-34(20-29)42(22-28-8-9-28)26-37(2,3)25-41(33)17-18-44-4/h6-7,10-14,19-20,28H,8-9,15-18,21-26H2,1-5H3. The highest BCUT2D eigenvalue weighted by Gasteiger charge is 2.34. The van der Waals surface area contributed by atoms with E-state index in [1.165, 1.54) is 29.8 Å². The van der Waals surface area contributed by atoms with Gasteiger partial charge in [-0.05, 0) is 72.6 Å². The first kappa shape index (κ1) is 32.3. The molecule has 2 aliphatic rings. The van der Waals surface area contributed by atoms with E-state index in [1.54, 1.807) is 18.8 Å². The third-order valence-corrected chi connectivity index (χ3v) is 9.20. The number of aromatic nitrogens is 2. The maximum Gasteiger partial charge on any atom is 0.261 e. The molecule has 1 aliphatic heterocycles. The first-order valence-electron chi connectivity index (χ1n) is 16.6. The van der Waals surface area contributed by atoms with Crippen LogP contribution in [0.1, 0.15) is 49.3 Å².